The van der Waals surface area contributed by atoms with Crippen molar-refractivity contribution in [2.45, 2.75) is 57.7 Å². The van der Waals surface area contributed by atoms with Gasteiger partial charge in [-0.1, -0.05) is 37.0 Å². The number of carboxylic acids is 1. The smallest absolute Gasteiger partial charge is 0.305 e. The summed E-state index contributed by atoms with van der Waals surface area (Å²) in [5, 5.41) is 12.3. The summed E-state index contributed by atoms with van der Waals surface area (Å²) in [6, 6.07) is 8.81. The number of carboxylic acid groups (broad SMARTS) is 1. The molecule has 0 spiro atoms. The van der Waals surface area contributed by atoms with Gasteiger partial charge in [-0.15, -0.1) is 0 Å². The van der Waals surface area contributed by atoms with Gasteiger partial charge in [0, 0.05) is 30.3 Å². The number of amides is 3. The minimum absolute atomic E-state index is 0.0134. The number of benzene rings is 2. The SMILES string of the molecule is Cc1ccc(C(=O)N2CCN(C(=O)c3ccc(F)c(F)c3)C2C(=O)NC(CC(=O)O)C2CCCCC2)cc1. The molecule has 1 aliphatic carbocycles. The van der Waals surface area contributed by atoms with Crippen LogP contribution in [0.3, 0.4) is 0 Å². The average molecular weight is 528 g/mol. The highest BCUT2D eigenvalue weighted by Gasteiger charge is 2.44. The predicted molar refractivity (Wildman–Crippen MR) is 134 cm³/mol. The zero-order valence-electron chi connectivity index (χ0n) is 21.2. The third-order valence-corrected chi connectivity index (χ3v) is 7.33. The van der Waals surface area contributed by atoms with Crippen molar-refractivity contribution in [2.75, 3.05) is 13.1 Å². The molecule has 1 heterocycles. The van der Waals surface area contributed by atoms with E-state index in [1.54, 1.807) is 24.3 Å². The van der Waals surface area contributed by atoms with Crippen LogP contribution in [0.1, 0.15) is 64.8 Å². The van der Waals surface area contributed by atoms with Gasteiger partial charge in [-0.3, -0.25) is 19.2 Å². The molecule has 2 atom stereocenters. The predicted octanol–water partition coefficient (Wildman–Crippen LogP) is 3.74. The lowest BCUT2D eigenvalue weighted by molar-refractivity contribution is -0.138. The lowest BCUT2D eigenvalue weighted by Gasteiger charge is -2.34. The number of nitrogens with one attached hydrogen (secondary N) is 1. The van der Waals surface area contributed by atoms with Crippen LogP contribution in [0.4, 0.5) is 8.78 Å². The van der Waals surface area contributed by atoms with E-state index in [0.717, 1.165) is 60.8 Å². The minimum Gasteiger partial charge on any atom is -0.481 e. The van der Waals surface area contributed by atoms with Gasteiger partial charge in [-0.25, -0.2) is 8.78 Å². The Morgan fingerprint density at radius 2 is 1.47 bits per heavy atom. The Balaban J connectivity index is 1.65. The average Bonchev–Trinajstić information content (AvgIpc) is 3.35. The molecular formula is C28H31F2N3O5. The highest BCUT2D eigenvalue weighted by Crippen LogP contribution is 2.29. The van der Waals surface area contributed by atoms with Gasteiger partial charge < -0.3 is 20.2 Å². The Labute approximate surface area is 219 Å². The number of halogens is 2. The van der Waals surface area contributed by atoms with Crippen LogP contribution >= 0.6 is 0 Å². The summed E-state index contributed by atoms with van der Waals surface area (Å²) in [5.41, 5.74) is 1.10. The molecule has 202 valence electrons. The number of aryl methyl sites for hydroxylation is 1. The zero-order chi connectivity index (χ0) is 27.4. The van der Waals surface area contributed by atoms with Crippen molar-refractivity contribution in [3.8, 4) is 0 Å². The van der Waals surface area contributed by atoms with E-state index in [2.05, 4.69) is 5.32 Å². The number of aliphatic carboxylic acids is 1. The molecule has 0 radical (unpaired) electrons. The number of rotatable bonds is 7. The summed E-state index contributed by atoms with van der Waals surface area (Å²) in [6.07, 6.45) is 2.77. The number of carbonyl (C=O) groups excluding carboxylic acids is 3. The van der Waals surface area contributed by atoms with E-state index in [1.807, 2.05) is 6.92 Å². The van der Waals surface area contributed by atoms with Gasteiger partial charge in [0.15, 0.2) is 17.8 Å². The van der Waals surface area contributed by atoms with Crippen molar-refractivity contribution in [3.05, 3.63) is 70.8 Å². The van der Waals surface area contributed by atoms with E-state index in [9.17, 15) is 33.1 Å². The first-order valence-corrected chi connectivity index (χ1v) is 12.8. The Bertz CT molecular complexity index is 1210. The molecular weight excluding hydrogens is 496 g/mol. The monoisotopic (exact) mass is 527 g/mol. The van der Waals surface area contributed by atoms with E-state index in [1.165, 1.54) is 4.90 Å². The first-order valence-electron chi connectivity index (χ1n) is 12.8. The Hall–Kier alpha value is -3.82. The second-order valence-corrected chi connectivity index (χ2v) is 9.98. The zero-order valence-corrected chi connectivity index (χ0v) is 21.2. The number of nitrogens with zero attached hydrogens (tertiary/aromatic N) is 2. The molecule has 2 aliphatic rings. The largest absolute Gasteiger partial charge is 0.481 e. The third-order valence-electron chi connectivity index (χ3n) is 7.33. The molecule has 2 unspecified atom stereocenters. The summed E-state index contributed by atoms with van der Waals surface area (Å²) in [4.78, 5) is 54.5. The van der Waals surface area contributed by atoms with Crippen LogP contribution in [-0.2, 0) is 9.59 Å². The highest BCUT2D eigenvalue weighted by molar-refractivity contribution is 6.02. The summed E-state index contributed by atoms with van der Waals surface area (Å²) in [5.74, 6) is -5.32. The van der Waals surface area contributed by atoms with Crippen LogP contribution in [0.2, 0.25) is 0 Å². The topological polar surface area (TPSA) is 107 Å². The van der Waals surface area contributed by atoms with Gasteiger partial charge in [0.05, 0.1) is 6.42 Å². The highest BCUT2D eigenvalue weighted by atomic mass is 19.2. The van der Waals surface area contributed by atoms with Crippen molar-refractivity contribution < 1.29 is 33.1 Å². The minimum atomic E-state index is -1.38. The molecule has 3 amide bonds. The molecule has 4 rings (SSSR count). The molecule has 0 aromatic heterocycles. The van der Waals surface area contributed by atoms with Crippen molar-refractivity contribution in [3.63, 3.8) is 0 Å². The van der Waals surface area contributed by atoms with Crippen LogP contribution in [0, 0.1) is 24.5 Å². The van der Waals surface area contributed by atoms with E-state index < -0.39 is 47.5 Å². The van der Waals surface area contributed by atoms with E-state index in [-0.39, 0.29) is 31.0 Å². The molecule has 1 aliphatic heterocycles. The first-order chi connectivity index (χ1) is 18.2. The van der Waals surface area contributed by atoms with Crippen molar-refractivity contribution >= 4 is 23.7 Å². The molecule has 2 N–H and O–H groups in total. The second-order valence-electron chi connectivity index (χ2n) is 9.98. The normalized spacial score (nSPS) is 18.8. The summed E-state index contributed by atoms with van der Waals surface area (Å²) < 4.78 is 27.4. The molecule has 1 saturated heterocycles. The standard InChI is InChI=1S/C28H31F2N3O5/c1-17-7-9-19(10-8-17)27(37)32-13-14-33(28(38)20-11-12-21(29)22(30)15-20)26(32)25(36)31-23(16-24(34)35)18-5-3-2-4-6-18/h7-12,15,18,23,26H,2-6,13-14,16H2,1H3,(H,31,36)(H,34,35). The molecule has 2 aromatic carbocycles. The van der Waals surface area contributed by atoms with Crippen molar-refractivity contribution in [2.24, 2.45) is 5.92 Å². The quantitative estimate of drug-likeness (QED) is 0.571. The summed E-state index contributed by atoms with van der Waals surface area (Å²) in [7, 11) is 0. The fourth-order valence-electron chi connectivity index (χ4n) is 5.31. The van der Waals surface area contributed by atoms with Crippen LogP contribution < -0.4 is 5.32 Å². The summed E-state index contributed by atoms with van der Waals surface area (Å²) in [6.45, 7) is 1.89. The maximum Gasteiger partial charge on any atom is 0.305 e. The first kappa shape index (κ1) is 27.2. The van der Waals surface area contributed by atoms with Crippen LogP contribution in [-0.4, -0.2) is 63.9 Å². The molecule has 38 heavy (non-hydrogen) atoms. The van der Waals surface area contributed by atoms with Gasteiger partial charge in [-0.2, -0.15) is 0 Å². The lowest BCUT2D eigenvalue weighted by Crippen LogP contribution is -2.57. The molecule has 0 bridgehead atoms. The van der Waals surface area contributed by atoms with Crippen molar-refractivity contribution in [1.29, 1.82) is 0 Å². The molecule has 2 aromatic rings. The van der Waals surface area contributed by atoms with Crippen LogP contribution in [0.15, 0.2) is 42.5 Å². The Kier molecular flexibility index (Phi) is 8.38. The van der Waals surface area contributed by atoms with Crippen LogP contribution in [0.25, 0.3) is 0 Å². The van der Waals surface area contributed by atoms with Gasteiger partial charge >= 0.3 is 5.97 Å². The van der Waals surface area contributed by atoms with E-state index in [0.29, 0.717) is 5.56 Å². The second kappa shape index (κ2) is 11.7. The maximum absolute atomic E-state index is 13.9. The fourth-order valence-corrected chi connectivity index (χ4v) is 5.31. The van der Waals surface area contributed by atoms with Gasteiger partial charge in [-0.05, 0) is 56.0 Å². The number of carbonyl (C=O) groups is 4. The van der Waals surface area contributed by atoms with Crippen LogP contribution in [0.5, 0.6) is 0 Å². The fraction of sp³-hybridized carbons (Fsp3) is 0.429. The Morgan fingerprint density at radius 1 is 0.895 bits per heavy atom. The van der Waals surface area contributed by atoms with E-state index in [4.69, 9.17) is 0 Å². The Morgan fingerprint density at radius 3 is 2.05 bits per heavy atom. The van der Waals surface area contributed by atoms with Gasteiger partial charge in [0.25, 0.3) is 17.7 Å². The third kappa shape index (κ3) is 6.00. The molecule has 1 saturated carbocycles. The maximum atomic E-state index is 13.9. The molecule has 8 nitrogen and oxygen atoms in total. The summed E-state index contributed by atoms with van der Waals surface area (Å²) >= 11 is 0. The lowest BCUT2D eigenvalue weighted by atomic mass is 9.82. The number of hydrogen-bond donors (Lipinski definition) is 2. The number of hydrogen-bond acceptors (Lipinski definition) is 4. The van der Waals surface area contributed by atoms with E-state index >= 15 is 0 Å². The van der Waals surface area contributed by atoms with Crippen molar-refractivity contribution in [1.82, 2.24) is 15.1 Å². The molecule has 2 fully saturated rings. The van der Waals surface area contributed by atoms with Gasteiger partial charge in [0.2, 0.25) is 0 Å². The van der Waals surface area contributed by atoms with Gasteiger partial charge in [0.1, 0.15) is 0 Å². The molecule has 10 heteroatoms.